The number of amides is 1. The van der Waals surface area contributed by atoms with Crippen LogP contribution in [0.2, 0.25) is 0 Å². The lowest BCUT2D eigenvalue weighted by atomic mass is 9.81. The van der Waals surface area contributed by atoms with Crippen LogP contribution < -0.4 is 9.62 Å². The first-order chi connectivity index (χ1) is 21.3. The smallest absolute Gasteiger partial charge is 0.283 e. The van der Waals surface area contributed by atoms with E-state index < -0.39 is 15.9 Å². The van der Waals surface area contributed by atoms with Gasteiger partial charge < -0.3 is 14.4 Å². The number of morpholine rings is 1. The van der Waals surface area contributed by atoms with Crippen molar-refractivity contribution in [2.75, 3.05) is 70.3 Å². The average molecular weight is 629 g/mol. The first-order valence-electron chi connectivity index (χ1n) is 15.6. The molecule has 3 aliphatic rings. The van der Waals surface area contributed by atoms with Gasteiger partial charge in [0.15, 0.2) is 5.65 Å². The van der Waals surface area contributed by atoms with E-state index in [9.17, 15) is 17.6 Å². The predicted molar refractivity (Wildman–Crippen MR) is 165 cm³/mol. The molecular weight excluding hydrogens is 587 g/mol. The van der Waals surface area contributed by atoms with E-state index in [4.69, 9.17) is 19.6 Å². The summed E-state index contributed by atoms with van der Waals surface area (Å²) in [6, 6.07) is 7.72. The van der Waals surface area contributed by atoms with Crippen LogP contribution in [0.4, 0.5) is 10.1 Å². The van der Waals surface area contributed by atoms with Crippen LogP contribution in [0.1, 0.15) is 60.6 Å². The van der Waals surface area contributed by atoms with E-state index in [1.165, 1.54) is 19.2 Å². The first kappa shape index (κ1) is 30.9. The van der Waals surface area contributed by atoms with Crippen molar-refractivity contribution in [1.29, 1.82) is 0 Å². The van der Waals surface area contributed by atoms with Crippen LogP contribution >= 0.6 is 0 Å². The lowest BCUT2D eigenvalue weighted by Gasteiger charge is -2.36. The Kier molecular flexibility index (Phi) is 9.45. The van der Waals surface area contributed by atoms with Gasteiger partial charge in [-0.15, -0.1) is 0 Å². The quantitative estimate of drug-likeness (QED) is 0.341. The van der Waals surface area contributed by atoms with Gasteiger partial charge in [0.05, 0.1) is 48.0 Å². The Bertz CT molecular complexity index is 1560. The van der Waals surface area contributed by atoms with Gasteiger partial charge in [-0.1, -0.05) is 6.42 Å². The van der Waals surface area contributed by atoms with Gasteiger partial charge in [0.1, 0.15) is 11.5 Å². The molecule has 0 unspecified atom stereocenters. The number of piperidine rings is 1. The van der Waals surface area contributed by atoms with E-state index in [0.717, 1.165) is 101 Å². The molecule has 3 fully saturated rings. The maximum absolute atomic E-state index is 13.8. The van der Waals surface area contributed by atoms with Gasteiger partial charge in [-0.2, -0.15) is 5.10 Å². The third-order valence-corrected chi connectivity index (χ3v) is 10.4. The minimum atomic E-state index is -3.93. The van der Waals surface area contributed by atoms with Gasteiger partial charge in [-0.3, -0.25) is 9.69 Å². The van der Waals surface area contributed by atoms with E-state index in [1.807, 2.05) is 0 Å². The molecule has 0 radical (unpaired) electrons. The lowest BCUT2D eigenvalue weighted by molar-refractivity contribution is 0.0349. The lowest BCUT2D eigenvalue weighted by Crippen LogP contribution is -2.39. The summed E-state index contributed by atoms with van der Waals surface area (Å²) >= 11 is 0. The van der Waals surface area contributed by atoms with Crippen molar-refractivity contribution >= 4 is 32.7 Å². The number of aromatic nitrogens is 3. The van der Waals surface area contributed by atoms with Crippen molar-refractivity contribution in [2.24, 2.45) is 5.92 Å². The van der Waals surface area contributed by atoms with Crippen molar-refractivity contribution in [3.8, 4) is 5.69 Å². The molecule has 1 aliphatic carbocycles. The van der Waals surface area contributed by atoms with Crippen LogP contribution in [0.3, 0.4) is 0 Å². The molecule has 13 heteroatoms. The van der Waals surface area contributed by atoms with Gasteiger partial charge in [-0.25, -0.2) is 27.2 Å². The number of ether oxygens (including phenoxy) is 2. The van der Waals surface area contributed by atoms with Gasteiger partial charge in [-0.05, 0) is 74.9 Å². The highest BCUT2D eigenvalue weighted by Gasteiger charge is 2.32. The molecule has 2 aliphatic heterocycles. The van der Waals surface area contributed by atoms with Crippen molar-refractivity contribution in [2.45, 2.75) is 44.4 Å². The molecule has 1 aromatic carbocycles. The topological polar surface area (TPSA) is 119 Å². The van der Waals surface area contributed by atoms with Crippen molar-refractivity contribution in [3.05, 3.63) is 47.5 Å². The summed E-state index contributed by atoms with van der Waals surface area (Å²) in [5.74, 6) is -0.646. The summed E-state index contributed by atoms with van der Waals surface area (Å²) < 4.78 is 53.2. The minimum absolute atomic E-state index is 0.00801. The number of anilines is 1. The Morgan fingerprint density at radius 2 is 1.82 bits per heavy atom. The number of pyridine rings is 1. The molecule has 0 bridgehead atoms. The second-order valence-electron chi connectivity index (χ2n) is 12.0. The van der Waals surface area contributed by atoms with Crippen LogP contribution in [-0.4, -0.2) is 99.4 Å². The zero-order valence-corrected chi connectivity index (χ0v) is 26.0. The minimum Gasteiger partial charge on any atom is -0.384 e. The van der Waals surface area contributed by atoms with Crippen LogP contribution in [0, 0.1) is 11.7 Å². The van der Waals surface area contributed by atoms with Gasteiger partial charge in [0, 0.05) is 39.2 Å². The van der Waals surface area contributed by atoms with Crippen LogP contribution in [0.15, 0.2) is 30.3 Å². The molecule has 2 aromatic heterocycles. The Labute approximate surface area is 257 Å². The molecule has 1 amide bonds. The molecular formula is C31H41FN6O5S. The van der Waals surface area contributed by atoms with Crippen LogP contribution in [-0.2, 0) is 19.5 Å². The van der Waals surface area contributed by atoms with Crippen LogP contribution in [0.5, 0.6) is 0 Å². The number of hydrogen-bond acceptors (Lipinski definition) is 9. The van der Waals surface area contributed by atoms with Crippen molar-refractivity contribution < 1.29 is 27.1 Å². The van der Waals surface area contributed by atoms with E-state index in [2.05, 4.69) is 14.5 Å². The molecule has 1 saturated carbocycles. The highest BCUT2D eigenvalue weighted by molar-refractivity contribution is 7.90. The van der Waals surface area contributed by atoms with E-state index in [0.29, 0.717) is 17.3 Å². The highest BCUT2D eigenvalue weighted by Crippen LogP contribution is 2.43. The molecule has 2 saturated heterocycles. The summed E-state index contributed by atoms with van der Waals surface area (Å²) in [6.07, 6.45) is 6.32. The number of fused-ring (bicyclic) bond motifs is 1. The van der Waals surface area contributed by atoms with Crippen LogP contribution in [0.25, 0.3) is 16.7 Å². The van der Waals surface area contributed by atoms with Crippen molar-refractivity contribution in [1.82, 2.24) is 24.4 Å². The molecule has 4 heterocycles. The molecule has 0 spiro atoms. The maximum Gasteiger partial charge on any atom is 0.283 e. The molecule has 3 aromatic rings. The largest absolute Gasteiger partial charge is 0.384 e. The maximum atomic E-state index is 13.8. The number of nitrogens with zero attached hydrogens (tertiary/aromatic N) is 5. The second-order valence-corrected chi connectivity index (χ2v) is 13.9. The third-order valence-electron chi connectivity index (χ3n) is 9.16. The average Bonchev–Trinajstić information content (AvgIpc) is 3.37. The number of halogens is 1. The Hall–Kier alpha value is -3.13. The predicted octanol–water partition coefficient (Wildman–Crippen LogP) is 3.47. The second kappa shape index (κ2) is 13.5. The number of benzene rings is 1. The number of rotatable bonds is 11. The van der Waals surface area contributed by atoms with Gasteiger partial charge >= 0.3 is 0 Å². The summed E-state index contributed by atoms with van der Waals surface area (Å²) in [7, 11) is -2.53. The molecule has 1 N–H and O–H groups in total. The van der Waals surface area contributed by atoms with Gasteiger partial charge in [0.25, 0.3) is 5.91 Å². The first-order valence-corrected chi connectivity index (χ1v) is 17.2. The van der Waals surface area contributed by atoms with Gasteiger partial charge in [0.2, 0.25) is 10.0 Å². The fourth-order valence-electron chi connectivity index (χ4n) is 6.31. The summed E-state index contributed by atoms with van der Waals surface area (Å²) in [5.41, 5.74) is 2.84. The normalized spacial score (nSPS) is 18.9. The zero-order chi connectivity index (χ0) is 30.7. The molecule has 0 atom stereocenters. The molecule has 238 valence electrons. The third kappa shape index (κ3) is 6.90. The zero-order valence-electron chi connectivity index (χ0n) is 25.2. The fourth-order valence-corrected chi connectivity index (χ4v) is 7.18. The summed E-state index contributed by atoms with van der Waals surface area (Å²) in [5, 5.41) is 5.88. The number of nitrogens with one attached hydrogen (secondary N) is 1. The number of sulfonamides is 1. The number of hydrogen-bond donors (Lipinski definition) is 1. The van der Waals surface area contributed by atoms with E-state index in [1.54, 1.807) is 22.9 Å². The Morgan fingerprint density at radius 3 is 2.48 bits per heavy atom. The van der Waals surface area contributed by atoms with E-state index >= 15 is 0 Å². The SMILES string of the molecule is COCCS(=O)(=O)NC(=O)c1cc(N2CCC(CCN3CCOCC3)CC2)c2c(C3CCC3)nn(-c3ccc(F)cc3)c2n1. The summed E-state index contributed by atoms with van der Waals surface area (Å²) in [4.78, 5) is 22.9. The summed E-state index contributed by atoms with van der Waals surface area (Å²) in [6.45, 7) is 6.24. The number of methoxy groups -OCH3 is 1. The Morgan fingerprint density at radius 1 is 1.09 bits per heavy atom. The molecule has 11 nitrogen and oxygen atoms in total. The molecule has 6 rings (SSSR count). The number of carbonyl (C=O) groups is 1. The highest BCUT2D eigenvalue weighted by atomic mass is 32.2. The fraction of sp³-hybridized carbons (Fsp3) is 0.581. The standard InChI is InChI=1S/C31H41FN6O5S/c1-42-19-20-44(40,41)35-31(39)26-21-27(37-13-10-22(11-14-37)9-12-36-15-17-43-18-16-36)28-29(23-3-2-4-23)34-38(30(28)33-26)25-7-5-24(32)6-8-25/h5-8,21-23H,2-4,9-20H2,1H3,(H,35,39). The monoisotopic (exact) mass is 628 g/mol. The Balaban J connectivity index is 1.35. The number of carbonyl (C=O) groups excluding carboxylic acids is 1. The molecule has 44 heavy (non-hydrogen) atoms. The van der Waals surface area contributed by atoms with E-state index in [-0.39, 0.29) is 29.8 Å². The van der Waals surface area contributed by atoms with Crippen molar-refractivity contribution in [3.63, 3.8) is 0 Å².